The number of ether oxygens (including phenoxy) is 1. The van der Waals surface area contributed by atoms with Crippen LogP contribution in [-0.2, 0) is 16.0 Å². The van der Waals surface area contributed by atoms with Gasteiger partial charge in [-0.15, -0.1) is 5.10 Å². The number of benzene rings is 2. The lowest BCUT2D eigenvalue weighted by molar-refractivity contribution is -0.129. The standard InChI is InChI=1S/C19H19N5O3/c1-14(18(25)20-12-11-15-5-3-2-4-6-15)27-19(26)16-7-9-17(10-8-16)24-13-21-22-23-24/h2-10,13-14H,11-12H2,1H3,(H,20,25)/t14-/m0/s1. The maximum absolute atomic E-state index is 12.2. The fraction of sp³-hybridized carbons (Fsp3) is 0.211. The number of amides is 1. The Morgan fingerprint density at radius 3 is 2.52 bits per heavy atom. The van der Waals surface area contributed by atoms with Gasteiger partial charge in [0, 0.05) is 6.54 Å². The molecule has 0 bridgehead atoms. The van der Waals surface area contributed by atoms with Gasteiger partial charge in [0.25, 0.3) is 5.91 Å². The van der Waals surface area contributed by atoms with Crippen molar-refractivity contribution in [1.29, 1.82) is 0 Å². The minimum Gasteiger partial charge on any atom is -0.449 e. The summed E-state index contributed by atoms with van der Waals surface area (Å²) in [6, 6.07) is 16.4. The molecule has 1 aromatic heterocycles. The van der Waals surface area contributed by atoms with Crippen LogP contribution in [0.2, 0.25) is 0 Å². The van der Waals surface area contributed by atoms with Crippen molar-refractivity contribution in [2.75, 3.05) is 6.54 Å². The van der Waals surface area contributed by atoms with Crippen molar-refractivity contribution in [2.45, 2.75) is 19.4 Å². The summed E-state index contributed by atoms with van der Waals surface area (Å²) >= 11 is 0. The fourth-order valence-electron chi connectivity index (χ4n) is 2.43. The Balaban J connectivity index is 1.48. The summed E-state index contributed by atoms with van der Waals surface area (Å²) in [6.07, 6.45) is 1.29. The van der Waals surface area contributed by atoms with Crippen molar-refractivity contribution in [3.05, 3.63) is 72.1 Å². The fourth-order valence-corrected chi connectivity index (χ4v) is 2.43. The Bertz CT molecular complexity index is 879. The van der Waals surface area contributed by atoms with E-state index in [2.05, 4.69) is 20.8 Å². The number of nitrogens with zero attached hydrogens (tertiary/aromatic N) is 4. The lowest BCUT2D eigenvalue weighted by Gasteiger charge is -2.13. The first-order valence-corrected chi connectivity index (χ1v) is 8.49. The van der Waals surface area contributed by atoms with Gasteiger partial charge in [-0.2, -0.15) is 0 Å². The van der Waals surface area contributed by atoms with E-state index in [0.717, 1.165) is 5.56 Å². The minimum absolute atomic E-state index is 0.329. The van der Waals surface area contributed by atoms with E-state index in [4.69, 9.17) is 4.74 Å². The molecule has 0 saturated heterocycles. The summed E-state index contributed by atoms with van der Waals surface area (Å²) in [7, 11) is 0. The molecule has 0 aliphatic heterocycles. The molecule has 138 valence electrons. The van der Waals surface area contributed by atoms with Crippen LogP contribution in [0.1, 0.15) is 22.8 Å². The highest BCUT2D eigenvalue weighted by atomic mass is 16.5. The lowest BCUT2D eigenvalue weighted by Crippen LogP contribution is -2.36. The minimum atomic E-state index is -0.882. The number of carbonyl (C=O) groups excluding carboxylic acids is 2. The first-order chi connectivity index (χ1) is 13.1. The highest BCUT2D eigenvalue weighted by molar-refractivity contribution is 5.92. The number of aromatic nitrogens is 4. The van der Waals surface area contributed by atoms with Crippen LogP contribution in [0.5, 0.6) is 0 Å². The second kappa shape index (κ2) is 8.70. The van der Waals surface area contributed by atoms with Crippen LogP contribution in [-0.4, -0.2) is 44.7 Å². The van der Waals surface area contributed by atoms with Gasteiger partial charge in [0.05, 0.1) is 11.3 Å². The van der Waals surface area contributed by atoms with Gasteiger partial charge in [-0.05, 0) is 53.6 Å². The summed E-state index contributed by atoms with van der Waals surface area (Å²) in [5, 5.41) is 13.7. The topological polar surface area (TPSA) is 99.0 Å². The molecule has 0 unspecified atom stereocenters. The number of hydrogen-bond acceptors (Lipinski definition) is 6. The molecule has 0 spiro atoms. The Morgan fingerprint density at radius 2 is 1.85 bits per heavy atom. The van der Waals surface area contributed by atoms with Crippen molar-refractivity contribution in [3.8, 4) is 5.69 Å². The van der Waals surface area contributed by atoms with Crippen molar-refractivity contribution >= 4 is 11.9 Å². The highest BCUT2D eigenvalue weighted by Crippen LogP contribution is 2.10. The van der Waals surface area contributed by atoms with E-state index in [0.29, 0.717) is 24.2 Å². The molecular formula is C19H19N5O3. The molecule has 1 amide bonds. The molecule has 0 saturated carbocycles. The third kappa shape index (κ3) is 4.97. The maximum atomic E-state index is 12.2. The van der Waals surface area contributed by atoms with Gasteiger partial charge in [-0.1, -0.05) is 30.3 Å². The quantitative estimate of drug-likeness (QED) is 0.638. The molecule has 8 nitrogen and oxygen atoms in total. The summed E-state index contributed by atoms with van der Waals surface area (Å²) in [6.45, 7) is 2.02. The smallest absolute Gasteiger partial charge is 0.338 e. The van der Waals surface area contributed by atoms with Crippen molar-refractivity contribution in [3.63, 3.8) is 0 Å². The number of rotatable bonds is 7. The number of hydrogen-bond donors (Lipinski definition) is 1. The monoisotopic (exact) mass is 365 g/mol. The first kappa shape index (κ1) is 18.2. The number of carbonyl (C=O) groups is 2. The number of esters is 1. The average Bonchev–Trinajstić information content (AvgIpc) is 3.23. The van der Waals surface area contributed by atoms with E-state index in [1.807, 2.05) is 30.3 Å². The molecule has 0 fully saturated rings. The zero-order chi connectivity index (χ0) is 19.1. The van der Waals surface area contributed by atoms with Crippen molar-refractivity contribution in [1.82, 2.24) is 25.5 Å². The molecule has 1 heterocycles. The number of tetrazole rings is 1. The Labute approximate surface area is 156 Å². The van der Waals surface area contributed by atoms with Crippen LogP contribution in [0.15, 0.2) is 60.9 Å². The summed E-state index contributed by atoms with van der Waals surface area (Å²) in [5.74, 6) is -0.895. The van der Waals surface area contributed by atoms with Crippen LogP contribution in [0, 0.1) is 0 Å². The predicted molar refractivity (Wildman–Crippen MR) is 97.2 cm³/mol. The van der Waals surface area contributed by atoms with E-state index in [9.17, 15) is 9.59 Å². The predicted octanol–water partition coefficient (Wildman–Crippen LogP) is 1.57. The lowest BCUT2D eigenvalue weighted by atomic mass is 10.1. The largest absolute Gasteiger partial charge is 0.449 e. The second-order valence-electron chi connectivity index (χ2n) is 5.88. The van der Waals surface area contributed by atoms with Gasteiger partial charge in [0.15, 0.2) is 6.10 Å². The van der Waals surface area contributed by atoms with Gasteiger partial charge >= 0.3 is 5.97 Å². The van der Waals surface area contributed by atoms with Gasteiger partial charge in [-0.3, -0.25) is 4.79 Å². The zero-order valence-corrected chi connectivity index (χ0v) is 14.8. The van der Waals surface area contributed by atoms with Gasteiger partial charge in [-0.25, -0.2) is 9.48 Å². The Kier molecular flexibility index (Phi) is 5.88. The second-order valence-corrected chi connectivity index (χ2v) is 5.88. The highest BCUT2D eigenvalue weighted by Gasteiger charge is 2.18. The van der Waals surface area contributed by atoms with Crippen LogP contribution >= 0.6 is 0 Å². The normalized spacial score (nSPS) is 11.6. The van der Waals surface area contributed by atoms with E-state index in [1.165, 1.54) is 11.0 Å². The van der Waals surface area contributed by atoms with Crippen LogP contribution in [0.25, 0.3) is 5.69 Å². The van der Waals surface area contributed by atoms with Gasteiger partial charge in [0.2, 0.25) is 0 Å². The molecule has 0 aliphatic rings. The maximum Gasteiger partial charge on any atom is 0.338 e. The molecule has 3 rings (SSSR count). The molecule has 1 N–H and O–H groups in total. The third-order valence-corrected chi connectivity index (χ3v) is 3.93. The van der Waals surface area contributed by atoms with Gasteiger partial charge < -0.3 is 10.1 Å². The van der Waals surface area contributed by atoms with E-state index in [1.54, 1.807) is 31.2 Å². The van der Waals surface area contributed by atoms with E-state index < -0.39 is 12.1 Å². The first-order valence-electron chi connectivity index (χ1n) is 8.49. The van der Waals surface area contributed by atoms with Crippen molar-refractivity contribution in [2.24, 2.45) is 0 Å². The molecule has 3 aromatic rings. The third-order valence-electron chi connectivity index (χ3n) is 3.93. The van der Waals surface area contributed by atoms with Crippen LogP contribution < -0.4 is 5.32 Å². The molecule has 0 radical (unpaired) electrons. The zero-order valence-electron chi connectivity index (χ0n) is 14.8. The Hall–Kier alpha value is -3.55. The molecule has 2 aromatic carbocycles. The van der Waals surface area contributed by atoms with Gasteiger partial charge in [0.1, 0.15) is 6.33 Å². The molecule has 1 atom stereocenters. The average molecular weight is 365 g/mol. The van der Waals surface area contributed by atoms with Crippen LogP contribution in [0.3, 0.4) is 0 Å². The SMILES string of the molecule is C[C@H](OC(=O)c1ccc(-n2cnnn2)cc1)C(=O)NCCc1ccccc1. The summed E-state index contributed by atoms with van der Waals surface area (Å²) in [4.78, 5) is 24.3. The molecular weight excluding hydrogens is 346 g/mol. The van der Waals surface area contributed by atoms with E-state index >= 15 is 0 Å². The van der Waals surface area contributed by atoms with Crippen LogP contribution in [0.4, 0.5) is 0 Å². The van der Waals surface area contributed by atoms with Crippen molar-refractivity contribution < 1.29 is 14.3 Å². The summed E-state index contributed by atoms with van der Waals surface area (Å²) in [5.41, 5.74) is 2.18. The molecule has 27 heavy (non-hydrogen) atoms. The number of nitrogens with one attached hydrogen (secondary N) is 1. The molecule has 0 aliphatic carbocycles. The molecule has 8 heteroatoms. The summed E-state index contributed by atoms with van der Waals surface area (Å²) < 4.78 is 6.70. The Morgan fingerprint density at radius 1 is 1.11 bits per heavy atom. The van der Waals surface area contributed by atoms with E-state index in [-0.39, 0.29) is 5.91 Å².